The van der Waals surface area contributed by atoms with Crippen LogP contribution in [0.1, 0.15) is 12.8 Å². The van der Waals surface area contributed by atoms with Crippen molar-refractivity contribution >= 4 is 17.3 Å². The quantitative estimate of drug-likeness (QED) is 0.706. The third-order valence-corrected chi connectivity index (χ3v) is 4.43. The van der Waals surface area contributed by atoms with Crippen LogP contribution in [0, 0.1) is 0 Å². The molecule has 2 aliphatic heterocycles. The van der Waals surface area contributed by atoms with E-state index in [1.54, 1.807) is 7.11 Å². The first-order valence-electron chi connectivity index (χ1n) is 5.22. The van der Waals surface area contributed by atoms with Crippen LogP contribution in [0.5, 0.6) is 0 Å². The molecule has 0 unspecified atom stereocenters. The normalized spacial score (nSPS) is 26.1. The second-order valence-electron chi connectivity index (χ2n) is 4.08. The SMILES string of the molecule is COCCN1CCC2(CC1)CN=CS2. The molecule has 2 aliphatic rings. The number of hydrogen-bond acceptors (Lipinski definition) is 4. The average Bonchev–Trinajstić information content (AvgIpc) is 2.66. The summed E-state index contributed by atoms with van der Waals surface area (Å²) in [6.07, 6.45) is 2.56. The Morgan fingerprint density at radius 3 is 2.86 bits per heavy atom. The van der Waals surface area contributed by atoms with Crippen molar-refractivity contribution < 1.29 is 4.74 Å². The Kier molecular flexibility index (Phi) is 3.47. The van der Waals surface area contributed by atoms with Crippen molar-refractivity contribution in [1.29, 1.82) is 0 Å². The number of rotatable bonds is 3. The zero-order valence-electron chi connectivity index (χ0n) is 8.74. The molecule has 0 bridgehead atoms. The van der Waals surface area contributed by atoms with Gasteiger partial charge in [0.25, 0.3) is 0 Å². The predicted octanol–water partition coefficient (Wildman–Crippen LogP) is 1.24. The first-order chi connectivity index (χ1) is 6.85. The molecule has 0 aromatic rings. The molecular formula is C10H18N2OS. The summed E-state index contributed by atoms with van der Waals surface area (Å²) in [7, 11) is 1.77. The van der Waals surface area contributed by atoms with E-state index in [1.807, 2.05) is 17.3 Å². The van der Waals surface area contributed by atoms with E-state index in [0.29, 0.717) is 4.75 Å². The van der Waals surface area contributed by atoms with Gasteiger partial charge in [-0.25, -0.2) is 0 Å². The minimum absolute atomic E-state index is 0.462. The summed E-state index contributed by atoms with van der Waals surface area (Å²) >= 11 is 1.94. The van der Waals surface area contributed by atoms with E-state index in [0.717, 1.165) is 19.7 Å². The Morgan fingerprint density at radius 2 is 2.29 bits per heavy atom. The van der Waals surface area contributed by atoms with E-state index in [4.69, 9.17) is 4.74 Å². The molecule has 0 amide bonds. The Labute approximate surface area is 89.9 Å². The maximum absolute atomic E-state index is 5.09. The molecule has 2 rings (SSSR count). The number of hydrogen-bond donors (Lipinski definition) is 0. The van der Waals surface area contributed by atoms with E-state index in [1.165, 1.54) is 25.9 Å². The van der Waals surface area contributed by atoms with Crippen LogP contribution in [0.25, 0.3) is 0 Å². The Balaban J connectivity index is 1.75. The summed E-state index contributed by atoms with van der Waals surface area (Å²) in [6, 6.07) is 0. The van der Waals surface area contributed by atoms with Crippen molar-refractivity contribution in [3.8, 4) is 0 Å². The number of piperidine rings is 1. The van der Waals surface area contributed by atoms with Crippen LogP contribution in [-0.4, -0.2) is 55.1 Å². The van der Waals surface area contributed by atoms with E-state index in [9.17, 15) is 0 Å². The number of thioether (sulfide) groups is 1. The van der Waals surface area contributed by atoms with Gasteiger partial charge in [0.15, 0.2) is 0 Å². The van der Waals surface area contributed by atoms with Gasteiger partial charge in [-0.05, 0) is 25.9 Å². The van der Waals surface area contributed by atoms with Gasteiger partial charge in [0.1, 0.15) is 0 Å². The maximum Gasteiger partial charge on any atom is 0.0589 e. The van der Waals surface area contributed by atoms with Crippen molar-refractivity contribution in [1.82, 2.24) is 4.90 Å². The van der Waals surface area contributed by atoms with Crippen LogP contribution in [0.3, 0.4) is 0 Å². The Bertz CT molecular complexity index is 202. The molecule has 0 atom stereocenters. The van der Waals surface area contributed by atoms with Crippen LogP contribution in [0.2, 0.25) is 0 Å². The molecule has 0 N–H and O–H groups in total. The van der Waals surface area contributed by atoms with Crippen molar-refractivity contribution in [3.63, 3.8) is 0 Å². The standard InChI is InChI=1S/C10H18N2OS/c1-13-7-6-12-4-2-10(3-5-12)8-11-9-14-10/h9H,2-8H2,1H3. The molecule has 1 spiro atoms. The lowest BCUT2D eigenvalue weighted by molar-refractivity contribution is 0.127. The van der Waals surface area contributed by atoms with Crippen molar-refractivity contribution in [2.45, 2.75) is 17.6 Å². The second kappa shape index (κ2) is 4.64. The highest BCUT2D eigenvalue weighted by Gasteiger charge is 2.36. The minimum Gasteiger partial charge on any atom is -0.383 e. The third kappa shape index (κ3) is 2.30. The van der Waals surface area contributed by atoms with Crippen molar-refractivity contribution in [2.75, 3.05) is 39.9 Å². The zero-order chi connectivity index (χ0) is 9.86. The highest BCUT2D eigenvalue weighted by atomic mass is 32.2. The lowest BCUT2D eigenvalue weighted by Gasteiger charge is -2.37. The fourth-order valence-corrected chi connectivity index (χ4v) is 3.01. The second-order valence-corrected chi connectivity index (χ2v) is 5.39. The van der Waals surface area contributed by atoms with E-state index >= 15 is 0 Å². The van der Waals surface area contributed by atoms with Gasteiger partial charge in [-0.15, -0.1) is 11.8 Å². The van der Waals surface area contributed by atoms with Gasteiger partial charge < -0.3 is 9.64 Å². The summed E-state index contributed by atoms with van der Waals surface area (Å²) < 4.78 is 5.55. The summed E-state index contributed by atoms with van der Waals surface area (Å²) in [5, 5.41) is 0. The molecule has 14 heavy (non-hydrogen) atoms. The molecule has 1 saturated heterocycles. The van der Waals surface area contributed by atoms with Gasteiger partial charge in [-0.3, -0.25) is 4.99 Å². The van der Waals surface area contributed by atoms with Gasteiger partial charge in [0.2, 0.25) is 0 Å². The van der Waals surface area contributed by atoms with E-state index in [2.05, 4.69) is 9.89 Å². The molecule has 1 fully saturated rings. The number of aliphatic imine (C=N–C) groups is 1. The molecule has 2 heterocycles. The number of methoxy groups -OCH3 is 1. The Hall–Kier alpha value is -0.0600. The molecule has 0 radical (unpaired) electrons. The average molecular weight is 214 g/mol. The summed E-state index contributed by atoms with van der Waals surface area (Å²) in [5.74, 6) is 0. The lowest BCUT2D eigenvalue weighted by Crippen LogP contribution is -2.44. The molecule has 0 aromatic heterocycles. The third-order valence-electron chi connectivity index (χ3n) is 3.14. The molecule has 80 valence electrons. The predicted molar refractivity (Wildman–Crippen MR) is 61.2 cm³/mol. The molecule has 0 aromatic carbocycles. The summed E-state index contributed by atoms with van der Waals surface area (Å²) in [6.45, 7) is 5.39. The zero-order valence-corrected chi connectivity index (χ0v) is 9.55. The fourth-order valence-electron chi connectivity index (χ4n) is 2.07. The van der Waals surface area contributed by atoms with Crippen LogP contribution in [-0.2, 0) is 4.74 Å². The van der Waals surface area contributed by atoms with Crippen molar-refractivity contribution in [2.24, 2.45) is 4.99 Å². The molecule has 3 nitrogen and oxygen atoms in total. The topological polar surface area (TPSA) is 24.8 Å². The van der Waals surface area contributed by atoms with E-state index < -0.39 is 0 Å². The van der Waals surface area contributed by atoms with Crippen LogP contribution >= 0.6 is 11.8 Å². The molecule has 4 heteroatoms. The monoisotopic (exact) mass is 214 g/mol. The molecule has 0 aliphatic carbocycles. The van der Waals surface area contributed by atoms with E-state index in [-0.39, 0.29) is 0 Å². The summed E-state index contributed by atoms with van der Waals surface area (Å²) in [4.78, 5) is 6.84. The summed E-state index contributed by atoms with van der Waals surface area (Å²) in [5.41, 5.74) is 2.03. The highest BCUT2D eigenvalue weighted by molar-refractivity contribution is 8.13. The van der Waals surface area contributed by atoms with Gasteiger partial charge in [0.05, 0.1) is 18.7 Å². The van der Waals surface area contributed by atoms with Crippen LogP contribution in [0.4, 0.5) is 0 Å². The molecule has 0 saturated carbocycles. The largest absolute Gasteiger partial charge is 0.383 e. The Morgan fingerprint density at radius 1 is 1.50 bits per heavy atom. The first-order valence-corrected chi connectivity index (χ1v) is 6.10. The lowest BCUT2D eigenvalue weighted by atomic mass is 9.96. The first kappa shape index (κ1) is 10.5. The number of likely N-dealkylation sites (tertiary alicyclic amines) is 1. The van der Waals surface area contributed by atoms with Crippen LogP contribution < -0.4 is 0 Å². The molecular weight excluding hydrogens is 196 g/mol. The van der Waals surface area contributed by atoms with Gasteiger partial charge in [0, 0.05) is 18.4 Å². The van der Waals surface area contributed by atoms with Gasteiger partial charge >= 0.3 is 0 Å². The highest BCUT2D eigenvalue weighted by Crippen LogP contribution is 2.38. The number of nitrogens with zero attached hydrogens (tertiary/aromatic N) is 2. The van der Waals surface area contributed by atoms with Crippen LogP contribution in [0.15, 0.2) is 4.99 Å². The minimum atomic E-state index is 0.462. The number of ether oxygens (including phenoxy) is 1. The maximum atomic E-state index is 5.09. The van der Waals surface area contributed by atoms with Gasteiger partial charge in [-0.2, -0.15) is 0 Å². The van der Waals surface area contributed by atoms with Gasteiger partial charge in [-0.1, -0.05) is 0 Å². The smallest absolute Gasteiger partial charge is 0.0589 e. The fraction of sp³-hybridized carbons (Fsp3) is 0.900. The van der Waals surface area contributed by atoms with Crippen molar-refractivity contribution in [3.05, 3.63) is 0 Å².